The summed E-state index contributed by atoms with van der Waals surface area (Å²) in [4.78, 5) is 30.7. The first-order valence-corrected chi connectivity index (χ1v) is 8.72. The number of nitrogens with zero attached hydrogens (tertiary/aromatic N) is 2. The molecule has 2 aromatic carbocycles. The van der Waals surface area contributed by atoms with Gasteiger partial charge >= 0.3 is 0 Å². The zero-order valence-corrected chi connectivity index (χ0v) is 14.3. The molecule has 2 amide bonds. The molecule has 0 spiro atoms. The highest BCUT2D eigenvalue weighted by Crippen LogP contribution is 2.22. The molecule has 0 aliphatic carbocycles. The normalized spacial score (nSPS) is 14.0. The molecule has 5 heteroatoms. The van der Waals surface area contributed by atoms with Gasteiger partial charge in [0, 0.05) is 36.7 Å². The van der Waals surface area contributed by atoms with Crippen LogP contribution >= 0.6 is 0 Å². The van der Waals surface area contributed by atoms with Crippen molar-refractivity contribution in [1.29, 1.82) is 0 Å². The first-order chi connectivity index (χ1) is 12.7. The molecule has 26 heavy (non-hydrogen) atoms. The lowest BCUT2D eigenvalue weighted by atomic mass is 10.1. The molecule has 1 aliphatic rings. The van der Waals surface area contributed by atoms with Crippen LogP contribution in [0, 0.1) is 0 Å². The van der Waals surface area contributed by atoms with Gasteiger partial charge in [0.25, 0.3) is 5.91 Å². The fourth-order valence-corrected chi connectivity index (χ4v) is 3.31. The number of hydrogen-bond acceptors (Lipinski definition) is 3. The second-order valence-electron chi connectivity index (χ2n) is 6.45. The van der Waals surface area contributed by atoms with Gasteiger partial charge in [-0.2, -0.15) is 0 Å². The first kappa shape index (κ1) is 16.3. The van der Waals surface area contributed by atoms with Gasteiger partial charge in [-0.3, -0.25) is 14.6 Å². The van der Waals surface area contributed by atoms with Gasteiger partial charge in [-0.25, -0.2) is 0 Å². The molecule has 1 aromatic heterocycles. The summed E-state index contributed by atoms with van der Waals surface area (Å²) in [5.74, 6) is 0.0130. The van der Waals surface area contributed by atoms with E-state index >= 15 is 0 Å². The standard InChI is InChI=1S/C21H19N3O2/c25-20-10-4-12-24(20)14-15-5-1-6-16(13-15)21(26)23-19-9-2-8-18-17(19)7-3-11-22-18/h1-3,5-9,11,13H,4,10,12,14H2,(H,23,26). The van der Waals surface area contributed by atoms with Crippen molar-refractivity contribution in [3.8, 4) is 0 Å². The summed E-state index contributed by atoms with van der Waals surface area (Å²) in [6, 6.07) is 16.9. The summed E-state index contributed by atoms with van der Waals surface area (Å²) in [5.41, 5.74) is 3.12. The SMILES string of the molecule is O=C(Nc1cccc2ncccc12)c1cccc(CN2CCCC2=O)c1. The summed E-state index contributed by atoms with van der Waals surface area (Å²) in [6.45, 7) is 1.34. The molecule has 5 nitrogen and oxygen atoms in total. The molecular weight excluding hydrogens is 326 g/mol. The number of anilines is 1. The van der Waals surface area contributed by atoms with E-state index in [4.69, 9.17) is 0 Å². The average molecular weight is 345 g/mol. The van der Waals surface area contributed by atoms with E-state index in [-0.39, 0.29) is 11.8 Å². The Morgan fingerprint density at radius 1 is 1.12 bits per heavy atom. The van der Waals surface area contributed by atoms with Crippen LogP contribution < -0.4 is 5.32 Å². The largest absolute Gasteiger partial charge is 0.338 e. The number of pyridine rings is 1. The summed E-state index contributed by atoms with van der Waals surface area (Å²) in [5, 5.41) is 3.88. The van der Waals surface area contributed by atoms with E-state index in [1.165, 1.54) is 0 Å². The lowest BCUT2D eigenvalue weighted by Gasteiger charge is -2.16. The van der Waals surface area contributed by atoms with Crippen LogP contribution in [0.25, 0.3) is 10.9 Å². The highest BCUT2D eigenvalue weighted by molar-refractivity contribution is 6.08. The van der Waals surface area contributed by atoms with Crippen molar-refractivity contribution in [2.45, 2.75) is 19.4 Å². The molecule has 1 saturated heterocycles. The Labute approximate surface area is 151 Å². The number of hydrogen-bond donors (Lipinski definition) is 1. The third kappa shape index (κ3) is 3.28. The van der Waals surface area contributed by atoms with Gasteiger partial charge in [0.15, 0.2) is 0 Å². The van der Waals surface area contributed by atoms with Gasteiger partial charge in [-0.05, 0) is 48.4 Å². The molecule has 1 fully saturated rings. The van der Waals surface area contributed by atoms with Crippen LogP contribution in [-0.2, 0) is 11.3 Å². The molecule has 2 heterocycles. The minimum Gasteiger partial charge on any atom is -0.338 e. The summed E-state index contributed by atoms with van der Waals surface area (Å²) < 4.78 is 0. The number of amides is 2. The fraction of sp³-hybridized carbons (Fsp3) is 0.190. The Morgan fingerprint density at radius 2 is 2.00 bits per heavy atom. The first-order valence-electron chi connectivity index (χ1n) is 8.72. The van der Waals surface area contributed by atoms with E-state index in [0.717, 1.165) is 35.1 Å². The fourth-order valence-electron chi connectivity index (χ4n) is 3.31. The van der Waals surface area contributed by atoms with Gasteiger partial charge in [0.1, 0.15) is 0 Å². The number of likely N-dealkylation sites (tertiary alicyclic amines) is 1. The van der Waals surface area contributed by atoms with Crippen LogP contribution in [-0.4, -0.2) is 28.2 Å². The molecule has 0 radical (unpaired) electrons. The molecular formula is C21H19N3O2. The number of fused-ring (bicyclic) bond motifs is 1. The van der Waals surface area contributed by atoms with Crippen molar-refractivity contribution in [1.82, 2.24) is 9.88 Å². The van der Waals surface area contributed by atoms with E-state index in [2.05, 4.69) is 10.3 Å². The molecule has 4 rings (SSSR count). The predicted octanol–water partition coefficient (Wildman–Crippen LogP) is 3.61. The van der Waals surface area contributed by atoms with E-state index < -0.39 is 0 Å². The molecule has 1 N–H and O–H groups in total. The van der Waals surface area contributed by atoms with Crippen molar-refractivity contribution in [2.24, 2.45) is 0 Å². The molecule has 0 bridgehead atoms. The molecule has 0 atom stereocenters. The van der Waals surface area contributed by atoms with E-state index in [1.807, 2.05) is 53.4 Å². The zero-order valence-electron chi connectivity index (χ0n) is 14.3. The number of nitrogens with one attached hydrogen (secondary N) is 1. The van der Waals surface area contributed by atoms with Gasteiger partial charge in [-0.15, -0.1) is 0 Å². The zero-order chi connectivity index (χ0) is 17.9. The Balaban J connectivity index is 1.54. The molecule has 0 saturated carbocycles. The minimum absolute atomic E-state index is 0.170. The lowest BCUT2D eigenvalue weighted by molar-refractivity contribution is -0.128. The summed E-state index contributed by atoms with van der Waals surface area (Å²) in [6.07, 6.45) is 3.26. The quantitative estimate of drug-likeness (QED) is 0.786. The molecule has 1 aliphatic heterocycles. The predicted molar refractivity (Wildman–Crippen MR) is 101 cm³/mol. The Kier molecular flexibility index (Phi) is 4.35. The maximum atomic E-state index is 12.7. The third-order valence-corrected chi connectivity index (χ3v) is 4.63. The smallest absolute Gasteiger partial charge is 0.255 e. The lowest BCUT2D eigenvalue weighted by Crippen LogP contribution is -2.24. The van der Waals surface area contributed by atoms with Crippen LogP contribution in [0.15, 0.2) is 60.8 Å². The van der Waals surface area contributed by atoms with Crippen LogP contribution in [0.5, 0.6) is 0 Å². The number of carbonyl (C=O) groups excluding carboxylic acids is 2. The van der Waals surface area contributed by atoms with Crippen LogP contribution in [0.4, 0.5) is 5.69 Å². The van der Waals surface area contributed by atoms with E-state index in [9.17, 15) is 9.59 Å². The number of carbonyl (C=O) groups is 2. The summed E-state index contributed by atoms with van der Waals surface area (Å²) >= 11 is 0. The Bertz CT molecular complexity index is 978. The number of benzene rings is 2. The van der Waals surface area contributed by atoms with E-state index in [0.29, 0.717) is 18.5 Å². The summed E-state index contributed by atoms with van der Waals surface area (Å²) in [7, 11) is 0. The molecule has 0 unspecified atom stereocenters. The second kappa shape index (κ2) is 6.96. The van der Waals surface area contributed by atoms with E-state index in [1.54, 1.807) is 12.3 Å². The van der Waals surface area contributed by atoms with Crippen molar-refractivity contribution in [3.05, 3.63) is 71.9 Å². The van der Waals surface area contributed by atoms with Crippen molar-refractivity contribution in [2.75, 3.05) is 11.9 Å². The number of rotatable bonds is 4. The topological polar surface area (TPSA) is 62.3 Å². The van der Waals surface area contributed by atoms with Gasteiger partial charge in [-0.1, -0.05) is 18.2 Å². The molecule has 3 aromatic rings. The maximum Gasteiger partial charge on any atom is 0.255 e. The highest BCUT2D eigenvalue weighted by Gasteiger charge is 2.20. The van der Waals surface area contributed by atoms with Crippen LogP contribution in [0.1, 0.15) is 28.8 Å². The third-order valence-electron chi connectivity index (χ3n) is 4.63. The van der Waals surface area contributed by atoms with Crippen molar-refractivity contribution < 1.29 is 9.59 Å². The highest BCUT2D eigenvalue weighted by atomic mass is 16.2. The Hall–Kier alpha value is -3.21. The maximum absolute atomic E-state index is 12.7. The van der Waals surface area contributed by atoms with Crippen molar-refractivity contribution >= 4 is 28.4 Å². The van der Waals surface area contributed by atoms with Crippen LogP contribution in [0.3, 0.4) is 0 Å². The van der Waals surface area contributed by atoms with Gasteiger partial charge in [0.2, 0.25) is 5.91 Å². The molecule has 130 valence electrons. The van der Waals surface area contributed by atoms with Crippen LogP contribution in [0.2, 0.25) is 0 Å². The van der Waals surface area contributed by atoms with Gasteiger partial charge < -0.3 is 10.2 Å². The Morgan fingerprint density at radius 3 is 2.85 bits per heavy atom. The number of aromatic nitrogens is 1. The monoisotopic (exact) mass is 345 g/mol. The minimum atomic E-state index is -0.170. The van der Waals surface area contributed by atoms with Crippen molar-refractivity contribution in [3.63, 3.8) is 0 Å². The van der Waals surface area contributed by atoms with Gasteiger partial charge in [0.05, 0.1) is 11.2 Å². The average Bonchev–Trinajstić information content (AvgIpc) is 3.07. The second-order valence-corrected chi connectivity index (χ2v) is 6.45.